The Morgan fingerprint density at radius 3 is 2.49 bits per heavy atom. The second-order valence-corrected chi connectivity index (χ2v) is 10.6. The van der Waals surface area contributed by atoms with Gasteiger partial charge in [-0.3, -0.25) is 4.79 Å². The SMILES string of the molecule is CCN(C(=O)COC(=O)/C(C#N)=C/c1cc(C)n(-c2ccc(OC)cc2)c1C)C1CCS(=O)(=O)C1. The van der Waals surface area contributed by atoms with Crippen molar-refractivity contribution in [3.63, 3.8) is 0 Å². The molecule has 0 aliphatic carbocycles. The Morgan fingerprint density at radius 2 is 1.94 bits per heavy atom. The number of aromatic nitrogens is 1. The summed E-state index contributed by atoms with van der Waals surface area (Å²) < 4.78 is 35.8. The number of nitriles is 1. The lowest BCUT2D eigenvalue weighted by Crippen LogP contribution is -2.43. The van der Waals surface area contributed by atoms with Gasteiger partial charge >= 0.3 is 5.97 Å². The molecule has 0 spiro atoms. The Balaban J connectivity index is 1.73. The Labute approximate surface area is 205 Å². The van der Waals surface area contributed by atoms with Crippen molar-refractivity contribution in [2.24, 2.45) is 0 Å². The first kappa shape index (κ1) is 26.0. The summed E-state index contributed by atoms with van der Waals surface area (Å²) >= 11 is 0. The van der Waals surface area contributed by atoms with E-state index in [1.54, 1.807) is 14.0 Å². The third-order valence-corrected chi connectivity index (χ3v) is 7.83. The second-order valence-electron chi connectivity index (χ2n) is 8.34. The zero-order chi connectivity index (χ0) is 25.8. The fourth-order valence-electron chi connectivity index (χ4n) is 4.30. The van der Waals surface area contributed by atoms with Gasteiger partial charge in [0.25, 0.3) is 5.91 Å². The predicted molar refractivity (Wildman–Crippen MR) is 131 cm³/mol. The molecule has 1 atom stereocenters. The minimum absolute atomic E-state index is 0.0392. The first-order chi connectivity index (χ1) is 16.6. The van der Waals surface area contributed by atoms with Crippen LogP contribution in [0.3, 0.4) is 0 Å². The maximum absolute atomic E-state index is 12.6. The van der Waals surface area contributed by atoms with Gasteiger partial charge in [-0.25, -0.2) is 13.2 Å². The fourth-order valence-corrected chi connectivity index (χ4v) is 6.03. The van der Waals surface area contributed by atoms with E-state index in [1.807, 2.05) is 54.8 Å². The van der Waals surface area contributed by atoms with Gasteiger partial charge in [0.15, 0.2) is 16.4 Å². The smallest absolute Gasteiger partial charge is 0.349 e. The first-order valence-corrected chi connectivity index (χ1v) is 13.0. The molecule has 1 aliphatic heterocycles. The third kappa shape index (κ3) is 5.92. The average Bonchev–Trinajstić information content (AvgIpc) is 3.33. The predicted octanol–water partition coefficient (Wildman–Crippen LogP) is 2.59. The van der Waals surface area contributed by atoms with Crippen molar-refractivity contribution in [3.05, 3.63) is 52.9 Å². The number of esters is 1. The highest BCUT2D eigenvalue weighted by molar-refractivity contribution is 7.91. The lowest BCUT2D eigenvalue weighted by atomic mass is 10.1. The molecule has 1 amide bonds. The summed E-state index contributed by atoms with van der Waals surface area (Å²) in [6.07, 6.45) is 1.80. The number of benzene rings is 1. The molecule has 0 N–H and O–H groups in total. The highest BCUT2D eigenvalue weighted by Crippen LogP contribution is 2.24. The number of hydrogen-bond acceptors (Lipinski definition) is 7. The molecule has 2 heterocycles. The van der Waals surface area contributed by atoms with Crippen LogP contribution in [0, 0.1) is 25.2 Å². The van der Waals surface area contributed by atoms with Crippen molar-refractivity contribution >= 4 is 27.8 Å². The van der Waals surface area contributed by atoms with Crippen molar-refractivity contribution in [2.75, 3.05) is 31.8 Å². The van der Waals surface area contributed by atoms with Crippen LogP contribution in [0.25, 0.3) is 11.8 Å². The summed E-state index contributed by atoms with van der Waals surface area (Å²) in [6.45, 7) is 5.27. The van der Waals surface area contributed by atoms with Crippen molar-refractivity contribution in [3.8, 4) is 17.5 Å². The van der Waals surface area contributed by atoms with Gasteiger partial charge in [0.05, 0.1) is 18.6 Å². The largest absolute Gasteiger partial charge is 0.497 e. The van der Waals surface area contributed by atoms with Gasteiger partial charge in [-0.2, -0.15) is 5.26 Å². The van der Waals surface area contributed by atoms with E-state index < -0.39 is 34.4 Å². The molecular formula is C25H29N3O6S. The van der Waals surface area contributed by atoms with E-state index in [2.05, 4.69) is 0 Å². The standard InChI is InChI=1S/C25H29N3O6S/c1-5-27(22-10-11-35(31,32)16-22)24(29)15-34-25(30)20(14-26)13-19-12-17(2)28(18(19)3)21-6-8-23(33-4)9-7-21/h6-9,12-13,22H,5,10-11,15-16H2,1-4H3/b20-13+. The zero-order valence-electron chi connectivity index (χ0n) is 20.3. The van der Waals surface area contributed by atoms with Crippen LogP contribution in [-0.2, 0) is 24.2 Å². The van der Waals surface area contributed by atoms with Crippen molar-refractivity contribution in [1.82, 2.24) is 9.47 Å². The van der Waals surface area contributed by atoms with Gasteiger partial charge < -0.3 is 18.9 Å². The lowest BCUT2D eigenvalue weighted by molar-refractivity contribution is -0.149. The summed E-state index contributed by atoms with van der Waals surface area (Å²) in [4.78, 5) is 26.6. The van der Waals surface area contributed by atoms with E-state index in [4.69, 9.17) is 9.47 Å². The Hall–Kier alpha value is -3.58. The first-order valence-electron chi connectivity index (χ1n) is 11.2. The number of aryl methyl sites for hydroxylation is 1. The van der Waals surface area contributed by atoms with Crippen LogP contribution in [0.1, 0.15) is 30.3 Å². The second kappa shape index (κ2) is 10.8. The molecular weight excluding hydrogens is 470 g/mol. The molecule has 1 aromatic heterocycles. The molecule has 186 valence electrons. The molecule has 9 nitrogen and oxygen atoms in total. The third-order valence-electron chi connectivity index (χ3n) is 6.08. The maximum Gasteiger partial charge on any atom is 0.349 e. The highest BCUT2D eigenvalue weighted by Gasteiger charge is 2.34. The monoisotopic (exact) mass is 499 g/mol. The van der Waals surface area contributed by atoms with Gasteiger partial charge in [-0.05, 0) is 69.2 Å². The average molecular weight is 500 g/mol. The normalized spacial score (nSPS) is 17.0. The lowest BCUT2D eigenvalue weighted by Gasteiger charge is -2.26. The molecule has 1 saturated heterocycles. The molecule has 0 bridgehead atoms. The summed E-state index contributed by atoms with van der Waals surface area (Å²) in [5.74, 6) is -0.717. The van der Waals surface area contributed by atoms with Gasteiger partial charge in [0.2, 0.25) is 0 Å². The van der Waals surface area contributed by atoms with Crippen LogP contribution in [0.4, 0.5) is 0 Å². The van der Waals surface area contributed by atoms with Crippen molar-refractivity contribution in [1.29, 1.82) is 5.26 Å². The summed E-state index contributed by atoms with van der Waals surface area (Å²) in [5.41, 5.74) is 3.07. The minimum atomic E-state index is -3.16. The number of methoxy groups -OCH3 is 1. The van der Waals surface area contributed by atoms with Gasteiger partial charge in [0, 0.05) is 29.7 Å². The number of carbonyl (C=O) groups excluding carboxylic acids is 2. The molecule has 35 heavy (non-hydrogen) atoms. The maximum atomic E-state index is 12.6. The molecule has 10 heteroatoms. The van der Waals surface area contributed by atoms with Crippen LogP contribution in [0.5, 0.6) is 5.75 Å². The Morgan fingerprint density at radius 1 is 1.26 bits per heavy atom. The highest BCUT2D eigenvalue weighted by atomic mass is 32.2. The van der Waals surface area contributed by atoms with Crippen molar-refractivity contribution in [2.45, 2.75) is 33.2 Å². The van der Waals surface area contributed by atoms with E-state index >= 15 is 0 Å². The quantitative estimate of drug-likeness (QED) is 0.311. The topological polar surface area (TPSA) is 119 Å². The summed E-state index contributed by atoms with van der Waals surface area (Å²) in [5, 5.41) is 9.55. The number of carbonyl (C=O) groups is 2. The fraction of sp³-hybridized carbons (Fsp3) is 0.400. The van der Waals surface area contributed by atoms with Gasteiger partial charge in [-0.15, -0.1) is 0 Å². The molecule has 3 rings (SSSR count). The van der Waals surface area contributed by atoms with Crippen molar-refractivity contribution < 1.29 is 27.5 Å². The molecule has 1 fully saturated rings. The molecule has 1 aliphatic rings. The number of hydrogen-bond donors (Lipinski definition) is 0. The van der Waals surface area contributed by atoms with Crippen LogP contribution in [0.2, 0.25) is 0 Å². The van der Waals surface area contributed by atoms with Gasteiger partial charge in [0.1, 0.15) is 17.4 Å². The molecule has 1 aromatic carbocycles. The Bertz CT molecular complexity index is 1290. The molecule has 1 unspecified atom stereocenters. The number of amides is 1. The molecule has 0 radical (unpaired) electrons. The number of ether oxygens (including phenoxy) is 2. The van der Waals surface area contributed by atoms with E-state index in [1.165, 1.54) is 11.0 Å². The van der Waals surface area contributed by atoms with E-state index in [-0.39, 0.29) is 17.1 Å². The van der Waals surface area contributed by atoms with Crippen LogP contribution in [0.15, 0.2) is 35.9 Å². The molecule has 2 aromatic rings. The van der Waals surface area contributed by atoms with Gasteiger partial charge in [-0.1, -0.05) is 0 Å². The summed E-state index contributed by atoms with van der Waals surface area (Å²) in [7, 11) is -1.56. The summed E-state index contributed by atoms with van der Waals surface area (Å²) in [6, 6.07) is 10.8. The minimum Gasteiger partial charge on any atom is -0.497 e. The van der Waals surface area contributed by atoms with E-state index in [0.717, 1.165) is 22.8 Å². The number of rotatable bonds is 8. The molecule has 0 saturated carbocycles. The van der Waals surface area contributed by atoms with E-state index in [0.29, 0.717) is 18.5 Å². The number of sulfone groups is 1. The van der Waals surface area contributed by atoms with Crippen LogP contribution >= 0.6 is 0 Å². The Kier molecular flexibility index (Phi) is 8.02. The van der Waals surface area contributed by atoms with Crippen LogP contribution in [-0.4, -0.2) is 67.6 Å². The number of nitrogens with zero attached hydrogens (tertiary/aromatic N) is 3. The van der Waals surface area contributed by atoms with Crippen LogP contribution < -0.4 is 4.74 Å². The zero-order valence-corrected chi connectivity index (χ0v) is 21.1. The number of likely N-dealkylation sites (N-methyl/N-ethyl adjacent to an activating group) is 1. The van der Waals surface area contributed by atoms with E-state index in [9.17, 15) is 23.3 Å².